The predicted molar refractivity (Wildman–Crippen MR) is 49.8 cm³/mol. The highest BCUT2D eigenvalue weighted by molar-refractivity contribution is 5.95. The van der Waals surface area contributed by atoms with Crippen LogP contribution in [0.3, 0.4) is 0 Å². The third-order valence-corrected chi connectivity index (χ3v) is 2.19. The number of carbonyl (C=O) groups excluding carboxylic acids is 1. The Bertz CT molecular complexity index is 361. The van der Waals surface area contributed by atoms with Crippen molar-refractivity contribution in [2.24, 2.45) is 5.73 Å². The number of hydrogen-bond acceptors (Lipinski definition) is 4. The van der Waals surface area contributed by atoms with Crippen LogP contribution in [0, 0.1) is 0 Å². The highest BCUT2D eigenvalue weighted by Crippen LogP contribution is 2.17. The Morgan fingerprint density at radius 2 is 2.36 bits per heavy atom. The largest absolute Gasteiger partial charge is 0.505 e. The van der Waals surface area contributed by atoms with Crippen LogP contribution in [-0.2, 0) is 0 Å². The molecule has 0 aromatic carbocycles. The van der Waals surface area contributed by atoms with Crippen molar-refractivity contribution in [3.8, 4) is 5.75 Å². The van der Waals surface area contributed by atoms with E-state index in [1.165, 1.54) is 12.3 Å². The molecule has 1 aliphatic rings. The zero-order chi connectivity index (χ0) is 10.1. The van der Waals surface area contributed by atoms with Crippen LogP contribution in [0.5, 0.6) is 5.75 Å². The van der Waals surface area contributed by atoms with Crippen molar-refractivity contribution in [1.82, 2.24) is 9.88 Å². The molecule has 2 heterocycles. The SMILES string of the molecule is NC1CN(C(=O)c2ncccc2O)C1. The zero-order valence-electron chi connectivity index (χ0n) is 7.55. The van der Waals surface area contributed by atoms with Crippen molar-refractivity contribution in [2.45, 2.75) is 6.04 Å². The Balaban J connectivity index is 2.16. The number of amides is 1. The molecule has 1 amide bonds. The minimum atomic E-state index is -0.259. The third-order valence-electron chi connectivity index (χ3n) is 2.19. The van der Waals surface area contributed by atoms with E-state index in [1.807, 2.05) is 0 Å². The first-order valence-electron chi connectivity index (χ1n) is 4.37. The van der Waals surface area contributed by atoms with Crippen molar-refractivity contribution in [1.29, 1.82) is 0 Å². The Kier molecular flexibility index (Phi) is 2.09. The number of aromatic hydroxyl groups is 1. The number of likely N-dealkylation sites (tertiary alicyclic amines) is 1. The van der Waals surface area contributed by atoms with Crippen molar-refractivity contribution >= 4 is 5.91 Å². The Morgan fingerprint density at radius 3 is 2.93 bits per heavy atom. The van der Waals surface area contributed by atoms with E-state index >= 15 is 0 Å². The Morgan fingerprint density at radius 1 is 1.64 bits per heavy atom. The summed E-state index contributed by atoms with van der Waals surface area (Å²) in [4.78, 5) is 17.0. The first-order valence-corrected chi connectivity index (χ1v) is 4.37. The summed E-state index contributed by atoms with van der Waals surface area (Å²) in [6.07, 6.45) is 1.48. The normalized spacial score (nSPS) is 16.5. The quantitative estimate of drug-likeness (QED) is 0.634. The summed E-state index contributed by atoms with van der Waals surface area (Å²) in [5, 5.41) is 9.37. The fourth-order valence-electron chi connectivity index (χ4n) is 1.39. The molecular formula is C9H11N3O2. The van der Waals surface area contributed by atoms with Gasteiger partial charge in [-0.05, 0) is 12.1 Å². The lowest BCUT2D eigenvalue weighted by molar-refractivity contribution is 0.0598. The lowest BCUT2D eigenvalue weighted by Crippen LogP contribution is -2.57. The van der Waals surface area contributed by atoms with Crippen molar-refractivity contribution in [2.75, 3.05) is 13.1 Å². The van der Waals surface area contributed by atoms with Crippen molar-refractivity contribution < 1.29 is 9.90 Å². The summed E-state index contributed by atoms with van der Waals surface area (Å²) in [6, 6.07) is 3.08. The molecule has 1 aliphatic heterocycles. The van der Waals surface area contributed by atoms with E-state index < -0.39 is 0 Å². The van der Waals surface area contributed by atoms with E-state index in [2.05, 4.69) is 4.98 Å². The minimum Gasteiger partial charge on any atom is -0.505 e. The van der Waals surface area contributed by atoms with Gasteiger partial charge in [0.15, 0.2) is 5.69 Å². The molecule has 1 saturated heterocycles. The molecule has 74 valence electrons. The molecule has 3 N–H and O–H groups in total. The number of hydrogen-bond donors (Lipinski definition) is 2. The molecule has 5 nitrogen and oxygen atoms in total. The fraction of sp³-hybridized carbons (Fsp3) is 0.333. The molecule has 0 spiro atoms. The van der Waals surface area contributed by atoms with Gasteiger partial charge in [-0.15, -0.1) is 0 Å². The summed E-state index contributed by atoms with van der Waals surface area (Å²) in [6.45, 7) is 1.07. The first-order chi connectivity index (χ1) is 6.68. The van der Waals surface area contributed by atoms with Crippen molar-refractivity contribution in [3.05, 3.63) is 24.0 Å². The van der Waals surface area contributed by atoms with Crippen molar-refractivity contribution in [3.63, 3.8) is 0 Å². The summed E-state index contributed by atoms with van der Waals surface area (Å²) >= 11 is 0. The molecule has 0 saturated carbocycles. The van der Waals surface area contributed by atoms with E-state index in [9.17, 15) is 9.90 Å². The zero-order valence-corrected chi connectivity index (χ0v) is 7.55. The molecule has 1 aromatic rings. The Hall–Kier alpha value is -1.62. The van der Waals surface area contributed by atoms with Crippen LogP contribution in [0.1, 0.15) is 10.5 Å². The molecule has 1 fully saturated rings. The highest BCUT2D eigenvalue weighted by atomic mass is 16.3. The average molecular weight is 193 g/mol. The minimum absolute atomic E-state index is 0.0600. The Labute approximate surface area is 81.2 Å². The predicted octanol–water partition coefficient (Wildman–Crippen LogP) is -0.430. The monoisotopic (exact) mass is 193 g/mol. The summed E-state index contributed by atoms with van der Waals surface area (Å²) in [7, 11) is 0. The number of rotatable bonds is 1. The summed E-state index contributed by atoms with van der Waals surface area (Å²) in [5.74, 6) is -0.345. The van der Waals surface area contributed by atoms with Gasteiger partial charge in [-0.1, -0.05) is 0 Å². The molecule has 0 unspecified atom stereocenters. The van der Waals surface area contributed by atoms with E-state index in [1.54, 1.807) is 11.0 Å². The van der Waals surface area contributed by atoms with Crippen LogP contribution in [0.2, 0.25) is 0 Å². The van der Waals surface area contributed by atoms with Crippen LogP contribution >= 0.6 is 0 Å². The van der Waals surface area contributed by atoms with E-state index in [-0.39, 0.29) is 23.4 Å². The van der Waals surface area contributed by atoms with Gasteiger partial charge in [-0.2, -0.15) is 0 Å². The number of nitrogens with zero attached hydrogens (tertiary/aromatic N) is 2. The standard InChI is InChI=1S/C9H11N3O2/c10-6-4-12(5-6)9(14)8-7(13)2-1-3-11-8/h1-3,6,13H,4-5,10H2. The maximum Gasteiger partial charge on any atom is 0.276 e. The molecular weight excluding hydrogens is 182 g/mol. The second-order valence-electron chi connectivity index (χ2n) is 3.34. The topological polar surface area (TPSA) is 79.5 Å². The lowest BCUT2D eigenvalue weighted by atomic mass is 10.1. The van der Waals surface area contributed by atoms with E-state index in [4.69, 9.17) is 5.73 Å². The van der Waals surface area contributed by atoms with E-state index in [0.29, 0.717) is 13.1 Å². The van der Waals surface area contributed by atoms with Gasteiger partial charge in [0.05, 0.1) is 0 Å². The summed E-state index contributed by atoms with van der Waals surface area (Å²) < 4.78 is 0. The smallest absolute Gasteiger partial charge is 0.276 e. The molecule has 5 heteroatoms. The molecule has 2 rings (SSSR count). The van der Waals surface area contributed by atoms with Gasteiger partial charge in [-0.3, -0.25) is 4.79 Å². The number of nitrogens with two attached hydrogens (primary N) is 1. The highest BCUT2D eigenvalue weighted by Gasteiger charge is 2.30. The molecule has 1 aromatic heterocycles. The maximum absolute atomic E-state index is 11.6. The van der Waals surface area contributed by atoms with Gasteiger partial charge in [0.2, 0.25) is 0 Å². The van der Waals surface area contributed by atoms with Crippen LogP contribution in [0.25, 0.3) is 0 Å². The second kappa shape index (κ2) is 3.26. The van der Waals surface area contributed by atoms with Crippen LogP contribution < -0.4 is 5.73 Å². The van der Waals surface area contributed by atoms with Gasteiger partial charge < -0.3 is 15.7 Å². The van der Waals surface area contributed by atoms with E-state index in [0.717, 1.165) is 0 Å². The van der Waals surface area contributed by atoms with Crippen LogP contribution in [0.15, 0.2) is 18.3 Å². The van der Waals surface area contributed by atoms with Gasteiger partial charge in [0.1, 0.15) is 5.75 Å². The number of pyridine rings is 1. The maximum atomic E-state index is 11.6. The molecule has 0 radical (unpaired) electrons. The number of carbonyl (C=O) groups is 1. The molecule has 0 atom stereocenters. The lowest BCUT2D eigenvalue weighted by Gasteiger charge is -2.36. The third kappa shape index (κ3) is 1.42. The second-order valence-corrected chi connectivity index (χ2v) is 3.34. The fourth-order valence-corrected chi connectivity index (χ4v) is 1.39. The van der Waals surface area contributed by atoms with Crippen LogP contribution in [-0.4, -0.2) is 40.0 Å². The molecule has 14 heavy (non-hydrogen) atoms. The molecule has 0 bridgehead atoms. The average Bonchev–Trinajstić information content (AvgIpc) is 2.13. The van der Waals surface area contributed by atoms with Gasteiger partial charge in [0.25, 0.3) is 5.91 Å². The summed E-state index contributed by atoms with van der Waals surface area (Å²) in [5.41, 5.74) is 5.64. The number of aromatic nitrogens is 1. The van der Waals surface area contributed by atoms with Gasteiger partial charge in [-0.25, -0.2) is 4.98 Å². The van der Waals surface area contributed by atoms with Gasteiger partial charge in [0, 0.05) is 25.3 Å². The van der Waals surface area contributed by atoms with Gasteiger partial charge >= 0.3 is 0 Å². The van der Waals surface area contributed by atoms with Crippen LogP contribution in [0.4, 0.5) is 0 Å². The first kappa shape index (κ1) is 8.96. The molecule has 0 aliphatic carbocycles.